The summed E-state index contributed by atoms with van der Waals surface area (Å²) in [6, 6.07) is 9.35. The van der Waals surface area contributed by atoms with Crippen molar-refractivity contribution in [3.05, 3.63) is 69.0 Å². The first-order chi connectivity index (χ1) is 17.3. The Morgan fingerprint density at radius 1 is 1.03 bits per heavy atom. The monoisotopic (exact) mass is 536 g/mol. The molecule has 0 radical (unpaired) electrons. The number of rotatable bonds is 11. The molecule has 2 aromatic carbocycles. The van der Waals surface area contributed by atoms with Crippen molar-refractivity contribution in [1.29, 1.82) is 0 Å². The molecular formula is C27H35Cl2FN4O2. The van der Waals surface area contributed by atoms with Crippen LogP contribution in [0.4, 0.5) is 4.39 Å². The van der Waals surface area contributed by atoms with Crippen LogP contribution in [0.25, 0.3) is 0 Å². The molecule has 2 atom stereocenters. The van der Waals surface area contributed by atoms with Crippen molar-refractivity contribution in [1.82, 2.24) is 16.0 Å². The van der Waals surface area contributed by atoms with Gasteiger partial charge in [0.05, 0.1) is 22.0 Å². The Balaban J connectivity index is 1.68. The number of nitrogens with one attached hydrogen (secondary N) is 3. The van der Waals surface area contributed by atoms with Crippen LogP contribution in [0, 0.1) is 11.7 Å². The zero-order valence-electron chi connectivity index (χ0n) is 20.6. The first kappa shape index (κ1) is 28.4. The number of hydrogen-bond donors (Lipinski definition) is 4. The summed E-state index contributed by atoms with van der Waals surface area (Å²) >= 11 is 12.3. The van der Waals surface area contributed by atoms with Gasteiger partial charge in [0.1, 0.15) is 5.82 Å². The molecule has 1 saturated carbocycles. The zero-order chi connectivity index (χ0) is 26.1. The summed E-state index contributed by atoms with van der Waals surface area (Å²) in [5, 5.41) is 9.62. The molecule has 1 aliphatic rings. The molecule has 196 valence electrons. The van der Waals surface area contributed by atoms with Gasteiger partial charge in [0.2, 0.25) is 11.8 Å². The molecule has 2 aromatic rings. The lowest BCUT2D eigenvalue weighted by atomic mass is 9.84. The molecule has 0 aliphatic heterocycles. The van der Waals surface area contributed by atoms with Gasteiger partial charge in [-0.3, -0.25) is 9.59 Å². The number of hydrogen-bond acceptors (Lipinski definition) is 4. The molecule has 0 bridgehead atoms. The maximum Gasteiger partial charge on any atom is 0.237 e. The van der Waals surface area contributed by atoms with Gasteiger partial charge in [-0.2, -0.15) is 0 Å². The van der Waals surface area contributed by atoms with E-state index in [1.807, 2.05) is 0 Å². The fourth-order valence-corrected chi connectivity index (χ4v) is 5.01. The molecule has 0 heterocycles. The Hall–Kier alpha value is -2.19. The Kier molecular flexibility index (Phi) is 11.0. The minimum Gasteiger partial charge on any atom is -0.354 e. The van der Waals surface area contributed by atoms with Gasteiger partial charge in [-0.05, 0) is 48.7 Å². The zero-order valence-corrected chi connectivity index (χ0v) is 22.1. The van der Waals surface area contributed by atoms with E-state index in [0.29, 0.717) is 32.7 Å². The number of amides is 2. The van der Waals surface area contributed by atoms with Crippen LogP contribution >= 0.6 is 23.2 Å². The van der Waals surface area contributed by atoms with Gasteiger partial charge in [0.15, 0.2) is 0 Å². The number of halogens is 3. The second-order valence-corrected chi connectivity index (χ2v) is 10.2. The third-order valence-electron chi connectivity index (χ3n) is 6.91. The lowest BCUT2D eigenvalue weighted by Crippen LogP contribution is -2.46. The molecule has 9 heteroatoms. The summed E-state index contributed by atoms with van der Waals surface area (Å²) in [6.07, 6.45) is 6.75. The summed E-state index contributed by atoms with van der Waals surface area (Å²) in [5.41, 5.74) is 7.17. The van der Waals surface area contributed by atoms with Crippen molar-refractivity contribution in [2.24, 2.45) is 11.7 Å². The van der Waals surface area contributed by atoms with E-state index >= 15 is 0 Å². The number of nitrogens with two attached hydrogens (primary N) is 1. The molecule has 1 fully saturated rings. The molecule has 0 aromatic heterocycles. The molecule has 0 unspecified atom stereocenters. The van der Waals surface area contributed by atoms with Gasteiger partial charge in [-0.25, -0.2) is 4.39 Å². The van der Waals surface area contributed by atoms with Crippen molar-refractivity contribution in [2.75, 3.05) is 13.6 Å². The Labute approximate surface area is 222 Å². The highest BCUT2D eigenvalue weighted by Crippen LogP contribution is 2.28. The van der Waals surface area contributed by atoms with Crippen molar-refractivity contribution >= 4 is 35.0 Å². The molecule has 0 saturated heterocycles. The summed E-state index contributed by atoms with van der Waals surface area (Å²) in [5.74, 6) is -1.04. The van der Waals surface area contributed by atoms with Gasteiger partial charge in [0, 0.05) is 25.2 Å². The van der Waals surface area contributed by atoms with Gasteiger partial charge in [-0.15, -0.1) is 0 Å². The van der Waals surface area contributed by atoms with E-state index in [-0.39, 0.29) is 37.5 Å². The second-order valence-electron chi connectivity index (χ2n) is 9.40. The first-order valence-electron chi connectivity index (χ1n) is 12.5. The second kappa shape index (κ2) is 13.9. The largest absolute Gasteiger partial charge is 0.354 e. The molecular weight excluding hydrogens is 502 g/mol. The minimum absolute atomic E-state index is 0.0892. The molecule has 0 spiro atoms. The maximum atomic E-state index is 14.1. The standard InChI is InChI=1S/C27H35Cl2FN4O2/c1-32-25(12-17-5-3-2-4-6-17)27(36)34-16-21(19-9-10-22(28)23(29)13-19)26(35)33-15-18-7-8-20(14-31)24(30)11-18/h7-11,13,17,21,25,32H,2-6,12,14-16,31H2,1H3,(H,33,35)(H,34,36)/t21-,25+/m0/s1. The molecule has 3 rings (SSSR count). The highest BCUT2D eigenvalue weighted by molar-refractivity contribution is 6.42. The number of carbonyl (C=O) groups is 2. The number of carbonyl (C=O) groups excluding carboxylic acids is 2. The lowest BCUT2D eigenvalue weighted by molar-refractivity contribution is -0.124. The average Bonchev–Trinajstić information content (AvgIpc) is 2.88. The van der Waals surface area contributed by atoms with Gasteiger partial charge < -0.3 is 21.7 Å². The first-order valence-corrected chi connectivity index (χ1v) is 13.2. The van der Waals surface area contributed by atoms with E-state index in [0.717, 1.165) is 19.3 Å². The van der Waals surface area contributed by atoms with Crippen LogP contribution in [-0.2, 0) is 22.7 Å². The molecule has 6 nitrogen and oxygen atoms in total. The molecule has 1 aliphatic carbocycles. The van der Waals surface area contributed by atoms with E-state index in [2.05, 4.69) is 16.0 Å². The number of likely N-dealkylation sites (N-methyl/N-ethyl adjacent to an activating group) is 1. The molecule has 36 heavy (non-hydrogen) atoms. The van der Waals surface area contributed by atoms with Crippen LogP contribution in [0.3, 0.4) is 0 Å². The van der Waals surface area contributed by atoms with Crippen molar-refractivity contribution in [3.63, 3.8) is 0 Å². The summed E-state index contributed by atoms with van der Waals surface area (Å²) < 4.78 is 14.1. The summed E-state index contributed by atoms with van der Waals surface area (Å²) in [4.78, 5) is 26.2. The molecule has 2 amide bonds. The quantitative estimate of drug-likeness (QED) is 0.335. The fourth-order valence-electron chi connectivity index (χ4n) is 4.71. The van der Waals surface area contributed by atoms with E-state index in [1.54, 1.807) is 37.4 Å². The van der Waals surface area contributed by atoms with Crippen LogP contribution in [0.5, 0.6) is 0 Å². The number of benzene rings is 2. The normalized spacial score (nSPS) is 15.8. The highest BCUT2D eigenvalue weighted by atomic mass is 35.5. The highest BCUT2D eigenvalue weighted by Gasteiger charge is 2.26. The predicted molar refractivity (Wildman–Crippen MR) is 142 cm³/mol. The third-order valence-corrected chi connectivity index (χ3v) is 7.64. The van der Waals surface area contributed by atoms with E-state index < -0.39 is 11.7 Å². The van der Waals surface area contributed by atoms with E-state index in [4.69, 9.17) is 28.9 Å². The summed E-state index contributed by atoms with van der Waals surface area (Å²) in [6.45, 7) is 0.324. The van der Waals surface area contributed by atoms with Crippen LogP contribution in [-0.4, -0.2) is 31.4 Å². The van der Waals surface area contributed by atoms with Gasteiger partial charge in [-0.1, -0.05) is 73.5 Å². The summed E-state index contributed by atoms with van der Waals surface area (Å²) in [7, 11) is 1.78. The van der Waals surface area contributed by atoms with Crippen LogP contribution < -0.4 is 21.7 Å². The smallest absolute Gasteiger partial charge is 0.237 e. The maximum absolute atomic E-state index is 14.1. The third kappa shape index (κ3) is 7.90. The predicted octanol–water partition coefficient (Wildman–Crippen LogP) is 4.67. The Morgan fingerprint density at radius 3 is 2.42 bits per heavy atom. The van der Waals surface area contributed by atoms with Crippen LogP contribution in [0.15, 0.2) is 36.4 Å². The van der Waals surface area contributed by atoms with Crippen molar-refractivity contribution in [2.45, 2.75) is 63.6 Å². The van der Waals surface area contributed by atoms with Gasteiger partial charge >= 0.3 is 0 Å². The SMILES string of the molecule is CN[C@H](CC1CCCCC1)C(=O)NC[C@H](C(=O)NCc1ccc(CN)c(F)c1)c1ccc(Cl)c(Cl)c1. The van der Waals surface area contributed by atoms with Crippen LogP contribution in [0.1, 0.15) is 61.1 Å². The molecule has 5 N–H and O–H groups in total. The van der Waals surface area contributed by atoms with E-state index in [1.165, 1.54) is 25.3 Å². The topological polar surface area (TPSA) is 96.2 Å². The van der Waals surface area contributed by atoms with Gasteiger partial charge in [0.25, 0.3) is 0 Å². The van der Waals surface area contributed by atoms with E-state index in [9.17, 15) is 14.0 Å². The minimum atomic E-state index is -0.705. The lowest BCUT2D eigenvalue weighted by Gasteiger charge is -2.26. The average molecular weight is 538 g/mol. The van der Waals surface area contributed by atoms with Crippen molar-refractivity contribution in [3.8, 4) is 0 Å². The fraction of sp³-hybridized carbons (Fsp3) is 0.481. The Morgan fingerprint density at radius 2 is 1.78 bits per heavy atom. The van der Waals surface area contributed by atoms with Crippen LogP contribution in [0.2, 0.25) is 10.0 Å². The Bertz CT molecular complexity index is 1050. The van der Waals surface area contributed by atoms with Crippen molar-refractivity contribution < 1.29 is 14.0 Å².